The Morgan fingerprint density at radius 2 is 2.62 bits per heavy atom. The third kappa shape index (κ3) is 0.706. The summed E-state index contributed by atoms with van der Waals surface area (Å²) in [5, 5.41) is 13.0. The standard InChI is InChI=1S/C4H5N3O/c5-1-3-2-6-4(8)7-3/h3H,2H2,(H2,6,7,8). The van der Waals surface area contributed by atoms with Gasteiger partial charge in [-0.1, -0.05) is 0 Å². The molecule has 0 saturated carbocycles. The van der Waals surface area contributed by atoms with Crippen molar-refractivity contribution in [1.82, 2.24) is 10.6 Å². The molecule has 1 aliphatic rings. The van der Waals surface area contributed by atoms with Crippen LogP contribution in [0.25, 0.3) is 0 Å². The maximum absolute atomic E-state index is 10.2. The zero-order valence-corrected chi connectivity index (χ0v) is 4.14. The first-order chi connectivity index (χ1) is 3.83. The van der Waals surface area contributed by atoms with Crippen molar-refractivity contribution in [3.63, 3.8) is 0 Å². The Kier molecular flexibility index (Phi) is 1.04. The van der Waals surface area contributed by atoms with Crippen LogP contribution in [-0.4, -0.2) is 18.6 Å². The highest BCUT2D eigenvalue weighted by atomic mass is 16.2. The molecular formula is C4H5N3O. The number of carbonyl (C=O) groups excluding carboxylic acids is 1. The Morgan fingerprint density at radius 1 is 1.88 bits per heavy atom. The lowest BCUT2D eigenvalue weighted by molar-refractivity contribution is 0.248. The van der Waals surface area contributed by atoms with Crippen LogP contribution in [0.5, 0.6) is 0 Å². The predicted octanol–water partition coefficient (Wildman–Crippen LogP) is -0.809. The van der Waals surface area contributed by atoms with Gasteiger partial charge < -0.3 is 10.6 Å². The first kappa shape index (κ1) is 4.91. The van der Waals surface area contributed by atoms with Gasteiger partial charge in [0, 0.05) is 0 Å². The van der Waals surface area contributed by atoms with E-state index in [0.717, 1.165) is 0 Å². The minimum atomic E-state index is -0.331. The van der Waals surface area contributed by atoms with E-state index in [4.69, 9.17) is 5.26 Å². The van der Waals surface area contributed by atoms with Gasteiger partial charge in [-0.3, -0.25) is 0 Å². The summed E-state index contributed by atoms with van der Waals surface area (Å²) < 4.78 is 0. The van der Waals surface area contributed by atoms with E-state index in [-0.39, 0.29) is 12.1 Å². The van der Waals surface area contributed by atoms with Crippen molar-refractivity contribution < 1.29 is 4.79 Å². The lowest BCUT2D eigenvalue weighted by atomic mass is 10.4. The Labute approximate surface area is 46.5 Å². The van der Waals surface area contributed by atoms with E-state index in [1.165, 1.54) is 0 Å². The molecular weight excluding hydrogens is 106 g/mol. The minimum Gasteiger partial charge on any atom is -0.335 e. The third-order valence-corrected chi connectivity index (χ3v) is 0.928. The van der Waals surface area contributed by atoms with Gasteiger partial charge in [-0.2, -0.15) is 5.26 Å². The molecule has 1 heterocycles. The van der Waals surface area contributed by atoms with Crippen LogP contribution >= 0.6 is 0 Å². The molecule has 0 bridgehead atoms. The predicted molar refractivity (Wildman–Crippen MR) is 25.9 cm³/mol. The molecule has 0 spiro atoms. The van der Waals surface area contributed by atoms with Crippen LogP contribution in [0.3, 0.4) is 0 Å². The minimum absolute atomic E-state index is 0.253. The van der Waals surface area contributed by atoms with Gasteiger partial charge in [-0.05, 0) is 0 Å². The number of nitrogens with one attached hydrogen (secondary N) is 2. The molecule has 1 atom stereocenters. The second-order valence-corrected chi connectivity index (χ2v) is 1.54. The molecule has 1 saturated heterocycles. The summed E-state index contributed by atoms with van der Waals surface area (Å²) in [6.07, 6.45) is 0. The first-order valence-electron chi connectivity index (χ1n) is 2.27. The summed E-state index contributed by atoms with van der Waals surface area (Å²) >= 11 is 0. The summed E-state index contributed by atoms with van der Waals surface area (Å²) in [5.74, 6) is 0. The van der Waals surface area contributed by atoms with Crippen LogP contribution in [0, 0.1) is 11.3 Å². The van der Waals surface area contributed by atoms with Crippen molar-refractivity contribution in [3.8, 4) is 6.07 Å². The molecule has 0 aromatic carbocycles. The molecule has 8 heavy (non-hydrogen) atoms. The molecule has 1 unspecified atom stereocenters. The molecule has 0 aromatic heterocycles. The second-order valence-electron chi connectivity index (χ2n) is 1.54. The van der Waals surface area contributed by atoms with Crippen LogP contribution in [0.4, 0.5) is 4.79 Å². The second kappa shape index (κ2) is 1.70. The summed E-state index contributed by atoms with van der Waals surface area (Å²) in [4.78, 5) is 10.2. The number of hydrogen-bond acceptors (Lipinski definition) is 2. The Hall–Kier alpha value is -1.24. The van der Waals surface area contributed by atoms with E-state index >= 15 is 0 Å². The highest BCUT2D eigenvalue weighted by Gasteiger charge is 2.17. The number of rotatable bonds is 0. The zero-order valence-electron chi connectivity index (χ0n) is 4.14. The van der Waals surface area contributed by atoms with Crippen LogP contribution in [0.15, 0.2) is 0 Å². The zero-order chi connectivity index (χ0) is 5.98. The quantitative estimate of drug-likeness (QED) is 0.429. The monoisotopic (exact) mass is 111 g/mol. The van der Waals surface area contributed by atoms with Gasteiger partial charge in [0.15, 0.2) is 0 Å². The number of hydrogen-bond donors (Lipinski definition) is 2. The van der Waals surface area contributed by atoms with Gasteiger partial charge in [0.2, 0.25) is 0 Å². The fourth-order valence-corrected chi connectivity index (χ4v) is 0.533. The molecule has 2 N–H and O–H groups in total. The van der Waals surface area contributed by atoms with Gasteiger partial charge in [-0.15, -0.1) is 0 Å². The van der Waals surface area contributed by atoms with E-state index in [1.807, 2.05) is 6.07 Å². The van der Waals surface area contributed by atoms with E-state index in [2.05, 4.69) is 10.6 Å². The number of carbonyl (C=O) groups is 1. The van der Waals surface area contributed by atoms with E-state index in [9.17, 15) is 4.79 Å². The largest absolute Gasteiger partial charge is 0.335 e. The fourth-order valence-electron chi connectivity index (χ4n) is 0.533. The molecule has 0 aromatic rings. The average Bonchev–Trinajstić information content (AvgIpc) is 2.14. The summed E-state index contributed by atoms with van der Waals surface area (Å²) in [6, 6.07) is 1.32. The molecule has 4 heteroatoms. The molecule has 1 rings (SSSR count). The first-order valence-corrected chi connectivity index (χ1v) is 2.27. The lowest BCUT2D eigenvalue weighted by Gasteiger charge is -1.89. The number of nitriles is 1. The van der Waals surface area contributed by atoms with Gasteiger partial charge in [-0.25, -0.2) is 4.79 Å². The van der Waals surface area contributed by atoms with Crippen LogP contribution in [-0.2, 0) is 0 Å². The Balaban J connectivity index is 2.47. The van der Waals surface area contributed by atoms with E-state index in [0.29, 0.717) is 6.54 Å². The molecule has 4 nitrogen and oxygen atoms in total. The van der Waals surface area contributed by atoms with Crippen molar-refractivity contribution >= 4 is 6.03 Å². The summed E-state index contributed by atoms with van der Waals surface area (Å²) in [7, 11) is 0. The topological polar surface area (TPSA) is 64.9 Å². The van der Waals surface area contributed by atoms with Crippen LogP contribution < -0.4 is 10.6 Å². The number of nitrogens with zero attached hydrogens (tertiary/aromatic N) is 1. The molecule has 1 fully saturated rings. The van der Waals surface area contributed by atoms with Crippen LogP contribution in [0.2, 0.25) is 0 Å². The van der Waals surface area contributed by atoms with Crippen molar-refractivity contribution in [2.24, 2.45) is 0 Å². The SMILES string of the molecule is N#CC1CNC(=O)N1. The van der Waals surface area contributed by atoms with Crippen molar-refractivity contribution in [2.75, 3.05) is 6.54 Å². The molecule has 42 valence electrons. The smallest absolute Gasteiger partial charge is 0.316 e. The van der Waals surface area contributed by atoms with Crippen molar-refractivity contribution in [1.29, 1.82) is 5.26 Å². The van der Waals surface area contributed by atoms with Gasteiger partial charge in [0.05, 0.1) is 12.6 Å². The molecule has 1 aliphatic heterocycles. The number of amides is 2. The maximum atomic E-state index is 10.2. The summed E-state index contributed by atoms with van der Waals surface area (Å²) in [5.41, 5.74) is 0. The molecule has 0 aliphatic carbocycles. The van der Waals surface area contributed by atoms with Gasteiger partial charge >= 0.3 is 6.03 Å². The maximum Gasteiger partial charge on any atom is 0.316 e. The van der Waals surface area contributed by atoms with Crippen molar-refractivity contribution in [3.05, 3.63) is 0 Å². The average molecular weight is 111 g/mol. The highest BCUT2D eigenvalue weighted by Crippen LogP contribution is 1.85. The lowest BCUT2D eigenvalue weighted by Crippen LogP contribution is -2.24. The fraction of sp³-hybridized carbons (Fsp3) is 0.500. The Bertz CT molecular complexity index is 148. The van der Waals surface area contributed by atoms with E-state index in [1.54, 1.807) is 0 Å². The van der Waals surface area contributed by atoms with Crippen molar-refractivity contribution in [2.45, 2.75) is 6.04 Å². The van der Waals surface area contributed by atoms with Gasteiger partial charge in [0.1, 0.15) is 6.04 Å². The van der Waals surface area contributed by atoms with E-state index < -0.39 is 0 Å². The highest BCUT2D eigenvalue weighted by molar-refractivity contribution is 5.77. The van der Waals surface area contributed by atoms with Gasteiger partial charge in [0.25, 0.3) is 0 Å². The summed E-state index contributed by atoms with van der Waals surface area (Å²) in [6.45, 7) is 0.426. The normalized spacial score (nSPS) is 25.9. The molecule has 0 radical (unpaired) electrons. The third-order valence-electron chi connectivity index (χ3n) is 0.928. The molecule has 2 amide bonds. The van der Waals surface area contributed by atoms with Crippen LogP contribution in [0.1, 0.15) is 0 Å². The Morgan fingerprint density at radius 3 is 2.88 bits per heavy atom. The number of urea groups is 1.